The van der Waals surface area contributed by atoms with Crippen molar-refractivity contribution in [3.63, 3.8) is 0 Å². The summed E-state index contributed by atoms with van der Waals surface area (Å²) in [6.45, 7) is 2.67. The zero-order valence-electron chi connectivity index (χ0n) is 5.68. The fourth-order valence-electron chi connectivity index (χ4n) is 0.697. The smallest absolute Gasteiger partial charge is 0.121 e. The van der Waals surface area contributed by atoms with Crippen LogP contribution in [0.4, 0.5) is 0 Å². The Morgan fingerprint density at radius 2 is 2.56 bits per heavy atom. The van der Waals surface area contributed by atoms with Crippen LogP contribution in [0.2, 0.25) is 0 Å². The molecule has 1 aromatic rings. The molecule has 0 unspecified atom stereocenters. The number of aromatic nitrogens is 2. The highest BCUT2D eigenvalue weighted by Gasteiger charge is 1.92. The number of nitrogens with zero attached hydrogens (tertiary/aromatic N) is 2. The summed E-state index contributed by atoms with van der Waals surface area (Å²) in [7, 11) is 1.78. The van der Waals surface area contributed by atoms with Crippen molar-refractivity contribution in [1.29, 1.82) is 0 Å². The normalized spacial score (nSPS) is 10.0. The number of hydrogen-bond donors (Lipinski definition) is 1. The maximum Gasteiger partial charge on any atom is 0.121 e. The third-order valence-electron chi connectivity index (χ3n) is 1.06. The van der Waals surface area contributed by atoms with E-state index in [4.69, 9.17) is 0 Å². The van der Waals surface area contributed by atoms with Crippen LogP contribution in [0.3, 0.4) is 0 Å². The van der Waals surface area contributed by atoms with Gasteiger partial charge in [-0.2, -0.15) is 0 Å². The minimum absolute atomic E-state index is 0.688. The molecule has 0 bridgehead atoms. The monoisotopic (exact) mass is 124 g/mol. The third kappa shape index (κ3) is 1.54. The molecule has 0 aliphatic carbocycles. The molecule has 0 atom stereocenters. The Labute approximate surface area is 54.5 Å². The molecule has 1 heterocycles. The van der Waals surface area contributed by atoms with Crippen molar-refractivity contribution in [2.75, 3.05) is 7.05 Å². The fraction of sp³-hybridized carbons (Fsp3) is 0.500. The number of aryl methyl sites for hydroxylation is 1. The van der Waals surface area contributed by atoms with Crippen LogP contribution < -0.4 is 5.32 Å². The molecule has 0 aromatic carbocycles. The van der Waals surface area contributed by atoms with E-state index in [1.54, 1.807) is 13.2 Å². The minimum Gasteiger partial charge on any atom is -0.345 e. The standard InChI is InChI=1S/C6H10N3/c1-5-3-8-6(9-5)4-7-2/h3H,4H2,1-2H3,(H,8,9). The van der Waals surface area contributed by atoms with Crippen LogP contribution in [0.5, 0.6) is 0 Å². The summed E-state index contributed by atoms with van der Waals surface area (Å²) in [6.07, 6.45) is 1.81. The van der Waals surface area contributed by atoms with E-state index in [9.17, 15) is 0 Å². The quantitative estimate of drug-likeness (QED) is 0.611. The van der Waals surface area contributed by atoms with Crippen molar-refractivity contribution in [3.05, 3.63) is 17.7 Å². The zero-order valence-corrected chi connectivity index (χ0v) is 5.68. The number of nitrogens with one attached hydrogen (secondary N) is 1. The van der Waals surface area contributed by atoms with E-state index in [1.165, 1.54) is 0 Å². The molecule has 1 rings (SSSR count). The van der Waals surface area contributed by atoms with Crippen LogP contribution in [0.1, 0.15) is 11.5 Å². The Kier molecular flexibility index (Phi) is 1.85. The molecule has 0 spiro atoms. The molecule has 0 amide bonds. The highest BCUT2D eigenvalue weighted by Crippen LogP contribution is 1.92. The summed E-state index contributed by atoms with van der Waals surface area (Å²) in [4.78, 5) is 7.13. The topological polar surface area (TPSA) is 42.8 Å². The van der Waals surface area contributed by atoms with E-state index in [-0.39, 0.29) is 0 Å². The van der Waals surface area contributed by atoms with Gasteiger partial charge >= 0.3 is 0 Å². The lowest BCUT2D eigenvalue weighted by molar-refractivity contribution is 0.755. The summed E-state index contributed by atoms with van der Waals surface area (Å²) < 4.78 is 0. The lowest BCUT2D eigenvalue weighted by atomic mass is 10.6. The molecule has 1 radical (unpaired) electrons. The van der Waals surface area contributed by atoms with Crippen molar-refractivity contribution < 1.29 is 0 Å². The molecule has 0 saturated heterocycles. The summed E-state index contributed by atoms with van der Waals surface area (Å²) in [5.41, 5.74) is 1.09. The van der Waals surface area contributed by atoms with Gasteiger partial charge in [-0.25, -0.2) is 10.3 Å². The molecule has 49 valence electrons. The minimum atomic E-state index is 0.688. The molecule has 0 aliphatic heterocycles. The van der Waals surface area contributed by atoms with Gasteiger partial charge in [-0.3, -0.25) is 0 Å². The SMILES string of the molecule is C[N]Cc1ncc(C)[nH]1. The van der Waals surface area contributed by atoms with E-state index >= 15 is 0 Å². The van der Waals surface area contributed by atoms with Gasteiger partial charge in [0.15, 0.2) is 0 Å². The average Bonchev–Trinajstić information content (AvgIpc) is 2.17. The highest BCUT2D eigenvalue weighted by molar-refractivity contribution is 4.97. The van der Waals surface area contributed by atoms with Gasteiger partial charge in [0.2, 0.25) is 0 Å². The molecule has 0 fully saturated rings. The molecule has 1 N–H and O–H groups in total. The molecule has 9 heavy (non-hydrogen) atoms. The van der Waals surface area contributed by atoms with Crippen LogP contribution in [0.25, 0.3) is 0 Å². The van der Waals surface area contributed by atoms with Crippen molar-refractivity contribution in [2.45, 2.75) is 13.5 Å². The third-order valence-corrected chi connectivity index (χ3v) is 1.06. The number of H-pyrrole nitrogens is 1. The second-order valence-corrected chi connectivity index (χ2v) is 1.99. The van der Waals surface area contributed by atoms with Gasteiger partial charge in [0.1, 0.15) is 5.82 Å². The lowest BCUT2D eigenvalue weighted by Gasteiger charge is -1.88. The molecule has 0 aliphatic rings. The first-order valence-corrected chi connectivity index (χ1v) is 2.89. The van der Waals surface area contributed by atoms with Gasteiger partial charge in [-0.05, 0) is 6.92 Å². The van der Waals surface area contributed by atoms with Crippen molar-refractivity contribution in [2.24, 2.45) is 0 Å². The zero-order chi connectivity index (χ0) is 6.69. The first-order valence-electron chi connectivity index (χ1n) is 2.89. The summed E-state index contributed by atoms with van der Waals surface area (Å²) in [6, 6.07) is 0. The molecular weight excluding hydrogens is 114 g/mol. The summed E-state index contributed by atoms with van der Waals surface area (Å²) >= 11 is 0. The predicted octanol–water partition coefficient (Wildman–Crippen LogP) is 0.452. The molecular formula is C6H10N3. The highest BCUT2D eigenvalue weighted by atomic mass is 15.0. The van der Waals surface area contributed by atoms with E-state index < -0.39 is 0 Å². The van der Waals surface area contributed by atoms with Crippen molar-refractivity contribution in [3.8, 4) is 0 Å². The van der Waals surface area contributed by atoms with E-state index in [0.29, 0.717) is 6.54 Å². The Bertz CT molecular complexity index is 180. The van der Waals surface area contributed by atoms with E-state index in [2.05, 4.69) is 15.3 Å². The molecule has 3 heteroatoms. The number of hydrogen-bond acceptors (Lipinski definition) is 1. The second-order valence-electron chi connectivity index (χ2n) is 1.99. The van der Waals surface area contributed by atoms with Crippen LogP contribution >= 0.6 is 0 Å². The maximum absolute atomic E-state index is 4.06. The molecule has 1 aromatic heterocycles. The van der Waals surface area contributed by atoms with Gasteiger partial charge in [0, 0.05) is 18.9 Å². The van der Waals surface area contributed by atoms with Crippen molar-refractivity contribution >= 4 is 0 Å². The second kappa shape index (κ2) is 2.64. The van der Waals surface area contributed by atoms with Crippen LogP contribution in [0, 0.1) is 6.92 Å². The Hall–Kier alpha value is -0.830. The van der Waals surface area contributed by atoms with Gasteiger partial charge in [0.05, 0.1) is 6.54 Å². The predicted molar refractivity (Wildman–Crippen MR) is 35.1 cm³/mol. The van der Waals surface area contributed by atoms with Gasteiger partial charge in [-0.15, -0.1) is 0 Å². The molecule has 3 nitrogen and oxygen atoms in total. The maximum atomic E-state index is 4.06. The Balaban J connectivity index is 2.61. The van der Waals surface area contributed by atoms with Crippen LogP contribution in [-0.2, 0) is 6.54 Å². The Morgan fingerprint density at radius 3 is 3.00 bits per heavy atom. The van der Waals surface area contributed by atoms with Gasteiger partial charge in [-0.1, -0.05) is 0 Å². The lowest BCUT2D eigenvalue weighted by Crippen LogP contribution is -1.98. The summed E-state index contributed by atoms with van der Waals surface area (Å²) in [5.74, 6) is 0.940. The van der Waals surface area contributed by atoms with E-state index in [1.807, 2.05) is 6.92 Å². The summed E-state index contributed by atoms with van der Waals surface area (Å²) in [5, 5.41) is 3.93. The number of imidazole rings is 1. The van der Waals surface area contributed by atoms with E-state index in [0.717, 1.165) is 11.5 Å². The molecule has 0 saturated carbocycles. The first kappa shape index (κ1) is 6.29. The van der Waals surface area contributed by atoms with Gasteiger partial charge in [0.25, 0.3) is 0 Å². The average molecular weight is 124 g/mol. The first-order chi connectivity index (χ1) is 4.33. The largest absolute Gasteiger partial charge is 0.345 e. The Morgan fingerprint density at radius 1 is 1.78 bits per heavy atom. The number of rotatable bonds is 2. The fourth-order valence-corrected chi connectivity index (χ4v) is 0.697. The van der Waals surface area contributed by atoms with Crippen LogP contribution in [0.15, 0.2) is 6.20 Å². The van der Waals surface area contributed by atoms with Crippen molar-refractivity contribution in [1.82, 2.24) is 15.3 Å². The van der Waals surface area contributed by atoms with Crippen LogP contribution in [-0.4, -0.2) is 17.0 Å². The van der Waals surface area contributed by atoms with Gasteiger partial charge < -0.3 is 4.98 Å². The number of aromatic amines is 1.